The summed E-state index contributed by atoms with van der Waals surface area (Å²) in [6, 6.07) is 3.49. The highest BCUT2D eigenvalue weighted by molar-refractivity contribution is 7.91. The summed E-state index contributed by atoms with van der Waals surface area (Å²) in [6.45, 7) is 5.12. The van der Waals surface area contributed by atoms with Crippen LogP contribution in [0.4, 0.5) is 0 Å². The van der Waals surface area contributed by atoms with E-state index in [4.69, 9.17) is 0 Å². The SMILES string of the molecule is CNCc1ccc(S(=O)(=O)NCC(C)C)s1. The van der Waals surface area contributed by atoms with Gasteiger partial charge in [-0.2, -0.15) is 0 Å². The molecule has 1 heterocycles. The predicted molar refractivity (Wildman–Crippen MR) is 67.1 cm³/mol. The Morgan fingerprint density at radius 3 is 2.62 bits per heavy atom. The molecule has 0 unspecified atom stereocenters. The van der Waals surface area contributed by atoms with Crippen molar-refractivity contribution in [2.45, 2.75) is 24.6 Å². The molecule has 0 aliphatic carbocycles. The van der Waals surface area contributed by atoms with E-state index in [1.807, 2.05) is 27.0 Å². The summed E-state index contributed by atoms with van der Waals surface area (Å²) in [5, 5.41) is 2.99. The number of nitrogens with one attached hydrogen (secondary N) is 2. The summed E-state index contributed by atoms with van der Waals surface area (Å²) in [7, 11) is -1.47. The van der Waals surface area contributed by atoms with Gasteiger partial charge in [-0.1, -0.05) is 13.8 Å². The molecule has 0 amide bonds. The van der Waals surface area contributed by atoms with Crippen molar-refractivity contribution < 1.29 is 8.42 Å². The minimum Gasteiger partial charge on any atom is -0.315 e. The van der Waals surface area contributed by atoms with Crippen LogP contribution in [-0.2, 0) is 16.6 Å². The van der Waals surface area contributed by atoms with Crippen molar-refractivity contribution in [1.29, 1.82) is 0 Å². The number of rotatable bonds is 6. The number of hydrogen-bond donors (Lipinski definition) is 2. The van der Waals surface area contributed by atoms with Crippen molar-refractivity contribution in [2.75, 3.05) is 13.6 Å². The lowest BCUT2D eigenvalue weighted by atomic mass is 10.2. The second kappa shape index (κ2) is 5.77. The average Bonchev–Trinajstić information content (AvgIpc) is 2.65. The normalized spacial score (nSPS) is 12.2. The molecular weight excluding hydrogens is 244 g/mol. The van der Waals surface area contributed by atoms with E-state index in [2.05, 4.69) is 10.0 Å². The first-order chi connectivity index (χ1) is 7.45. The number of thiophene rings is 1. The van der Waals surface area contributed by atoms with E-state index in [1.165, 1.54) is 11.3 Å². The fraction of sp³-hybridized carbons (Fsp3) is 0.600. The fourth-order valence-electron chi connectivity index (χ4n) is 1.12. The zero-order chi connectivity index (χ0) is 12.2. The van der Waals surface area contributed by atoms with Gasteiger partial charge in [-0.15, -0.1) is 11.3 Å². The molecule has 0 saturated heterocycles. The zero-order valence-electron chi connectivity index (χ0n) is 9.78. The molecule has 0 saturated carbocycles. The maximum absolute atomic E-state index is 11.8. The summed E-state index contributed by atoms with van der Waals surface area (Å²) in [6.07, 6.45) is 0. The van der Waals surface area contributed by atoms with Crippen molar-refractivity contribution >= 4 is 21.4 Å². The topological polar surface area (TPSA) is 58.2 Å². The Kier molecular flexibility index (Phi) is 4.91. The largest absolute Gasteiger partial charge is 0.315 e. The zero-order valence-corrected chi connectivity index (χ0v) is 11.4. The van der Waals surface area contributed by atoms with E-state index in [1.54, 1.807) is 6.07 Å². The second-order valence-electron chi connectivity index (χ2n) is 4.00. The molecule has 0 aliphatic heterocycles. The van der Waals surface area contributed by atoms with Crippen LogP contribution in [0.15, 0.2) is 16.3 Å². The lowest BCUT2D eigenvalue weighted by Crippen LogP contribution is -2.26. The molecule has 0 aliphatic rings. The maximum atomic E-state index is 11.8. The monoisotopic (exact) mass is 262 g/mol. The fourth-order valence-corrected chi connectivity index (χ4v) is 3.75. The first-order valence-corrected chi connectivity index (χ1v) is 7.48. The number of hydrogen-bond acceptors (Lipinski definition) is 4. The Balaban J connectivity index is 2.74. The first-order valence-electron chi connectivity index (χ1n) is 5.18. The molecule has 16 heavy (non-hydrogen) atoms. The summed E-state index contributed by atoms with van der Waals surface area (Å²) in [5.41, 5.74) is 0. The Morgan fingerprint density at radius 1 is 1.38 bits per heavy atom. The molecule has 1 aromatic heterocycles. The van der Waals surface area contributed by atoms with E-state index in [-0.39, 0.29) is 0 Å². The highest BCUT2D eigenvalue weighted by atomic mass is 32.2. The van der Waals surface area contributed by atoms with Gasteiger partial charge in [-0.25, -0.2) is 13.1 Å². The summed E-state index contributed by atoms with van der Waals surface area (Å²) >= 11 is 1.30. The van der Waals surface area contributed by atoms with Gasteiger partial charge in [-0.3, -0.25) is 0 Å². The molecule has 4 nitrogen and oxygen atoms in total. The highest BCUT2D eigenvalue weighted by Crippen LogP contribution is 2.21. The van der Waals surface area contributed by atoms with Gasteiger partial charge in [0.25, 0.3) is 0 Å². The van der Waals surface area contributed by atoms with Gasteiger partial charge >= 0.3 is 0 Å². The van der Waals surface area contributed by atoms with Crippen LogP contribution in [0.3, 0.4) is 0 Å². The molecule has 1 aromatic rings. The first kappa shape index (κ1) is 13.6. The van der Waals surface area contributed by atoms with Crippen LogP contribution in [0.2, 0.25) is 0 Å². The van der Waals surface area contributed by atoms with E-state index >= 15 is 0 Å². The molecule has 0 spiro atoms. The molecule has 0 bridgehead atoms. The predicted octanol–water partition coefficient (Wildman–Crippen LogP) is 1.40. The molecular formula is C10H18N2O2S2. The maximum Gasteiger partial charge on any atom is 0.250 e. The third kappa shape index (κ3) is 3.86. The molecule has 0 fully saturated rings. The molecule has 0 aromatic carbocycles. The molecule has 1 rings (SSSR count). The van der Waals surface area contributed by atoms with E-state index in [0.717, 1.165) is 4.88 Å². The van der Waals surface area contributed by atoms with Crippen molar-refractivity contribution in [1.82, 2.24) is 10.0 Å². The minimum absolute atomic E-state index is 0.312. The lowest BCUT2D eigenvalue weighted by molar-refractivity contribution is 0.562. The van der Waals surface area contributed by atoms with Crippen LogP contribution in [-0.4, -0.2) is 22.0 Å². The highest BCUT2D eigenvalue weighted by Gasteiger charge is 2.16. The molecule has 0 radical (unpaired) electrons. The smallest absolute Gasteiger partial charge is 0.250 e. The summed E-state index contributed by atoms with van der Waals surface area (Å²) in [5.74, 6) is 0.312. The average molecular weight is 262 g/mol. The van der Waals surface area contributed by atoms with Gasteiger partial charge in [0.05, 0.1) is 0 Å². The van der Waals surface area contributed by atoms with Gasteiger partial charge in [0.1, 0.15) is 4.21 Å². The van der Waals surface area contributed by atoms with Crippen molar-refractivity contribution in [3.8, 4) is 0 Å². The Bertz CT molecular complexity index is 424. The van der Waals surface area contributed by atoms with Crippen LogP contribution < -0.4 is 10.0 Å². The minimum atomic E-state index is -3.31. The Hall–Kier alpha value is -0.430. The molecule has 0 atom stereocenters. The lowest BCUT2D eigenvalue weighted by Gasteiger charge is -2.06. The summed E-state index contributed by atoms with van der Waals surface area (Å²) < 4.78 is 26.6. The van der Waals surface area contributed by atoms with Crippen LogP contribution in [0.1, 0.15) is 18.7 Å². The Labute approximate surface area is 101 Å². The van der Waals surface area contributed by atoms with Crippen molar-refractivity contribution in [2.24, 2.45) is 5.92 Å². The van der Waals surface area contributed by atoms with Gasteiger partial charge < -0.3 is 5.32 Å². The van der Waals surface area contributed by atoms with Crippen LogP contribution in [0, 0.1) is 5.92 Å². The standard InChI is InChI=1S/C10H18N2O2S2/c1-8(2)6-12-16(13,14)10-5-4-9(15-10)7-11-3/h4-5,8,11-12H,6-7H2,1-3H3. The van der Waals surface area contributed by atoms with Crippen molar-refractivity contribution in [3.05, 3.63) is 17.0 Å². The molecule has 2 N–H and O–H groups in total. The molecule has 6 heteroatoms. The molecule has 92 valence electrons. The van der Waals surface area contributed by atoms with Crippen LogP contribution in [0.25, 0.3) is 0 Å². The quantitative estimate of drug-likeness (QED) is 0.815. The van der Waals surface area contributed by atoms with E-state index in [0.29, 0.717) is 23.2 Å². The number of sulfonamides is 1. The third-order valence-corrected chi connectivity index (χ3v) is 4.94. The van der Waals surface area contributed by atoms with Crippen LogP contribution in [0.5, 0.6) is 0 Å². The van der Waals surface area contributed by atoms with E-state index in [9.17, 15) is 8.42 Å². The van der Waals surface area contributed by atoms with Gasteiger partial charge in [0, 0.05) is 18.0 Å². The van der Waals surface area contributed by atoms with Gasteiger partial charge in [0.2, 0.25) is 10.0 Å². The van der Waals surface area contributed by atoms with E-state index < -0.39 is 10.0 Å². The van der Waals surface area contributed by atoms with Crippen molar-refractivity contribution in [3.63, 3.8) is 0 Å². The second-order valence-corrected chi connectivity index (χ2v) is 7.16. The summed E-state index contributed by atoms with van der Waals surface area (Å²) in [4.78, 5) is 1.02. The third-order valence-electron chi connectivity index (χ3n) is 1.93. The van der Waals surface area contributed by atoms with Gasteiger partial charge in [0.15, 0.2) is 0 Å². The van der Waals surface area contributed by atoms with Crippen LogP contribution >= 0.6 is 11.3 Å². The van der Waals surface area contributed by atoms with Gasteiger partial charge in [-0.05, 0) is 25.1 Å². The Morgan fingerprint density at radius 2 is 2.06 bits per heavy atom.